The minimum Gasteiger partial charge on any atom is -0.251 e. The second kappa shape index (κ2) is 3.83. The Labute approximate surface area is 77.3 Å². The average molecular weight is 183 g/mol. The third-order valence-electron chi connectivity index (χ3n) is 1.39. The van der Waals surface area contributed by atoms with Crippen LogP contribution in [-0.2, 0) is 6.42 Å². The molecule has 0 aliphatic heterocycles. The van der Waals surface area contributed by atoms with Gasteiger partial charge < -0.3 is 0 Å². The molecule has 0 radical (unpaired) electrons. The molecule has 0 aromatic carbocycles. The van der Waals surface area contributed by atoms with E-state index in [2.05, 4.69) is 24.5 Å². The minimum absolute atomic E-state index is 0.556. The van der Waals surface area contributed by atoms with Crippen LogP contribution in [0.5, 0.6) is 0 Å². The fraction of sp³-hybridized carbons (Fsp3) is 0.250. The highest BCUT2D eigenvalue weighted by molar-refractivity contribution is 8.11. The van der Waals surface area contributed by atoms with E-state index in [1.165, 1.54) is 0 Å². The normalized spacial score (nSPS) is 9.64. The summed E-state index contributed by atoms with van der Waals surface area (Å²) in [5.41, 5.74) is 1.85. The summed E-state index contributed by atoms with van der Waals surface area (Å²) < 4.78 is 0.556. The van der Waals surface area contributed by atoms with Crippen LogP contribution in [0.3, 0.4) is 0 Å². The van der Waals surface area contributed by atoms with E-state index in [1.54, 1.807) is 0 Å². The van der Waals surface area contributed by atoms with Crippen LogP contribution in [0.2, 0.25) is 0 Å². The maximum absolute atomic E-state index is 4.87. The summed E-state index contributed by atoms with van der Waals surface area (Å²) in [7, 11) is 0. The zero-order valence-corrected chi connectivity index (χ0v) is 7.95. The monoisotopic (exact) mass is 183 g/mol. The first kappa shape index (κ1) is 8.68. The number of nitrogens with zero attached hydrogens (tertiary/aromatic N) is 1. The van der Waals surface area contributed by atoms with E-state index in [4.69, 9.17) is 12.2 Å². The number of thiol groups is 1. The van der Waals surface area contributed by atoms with Gasteiger partial charge in [-0.2, -0.15) is 0 Å². The Hall–Kier alpha value is -0.410. The molecule has 0 amide bonds. The summed E-state index contributed by atoms with van der Waals surface area (Å²) in [6.07, 6.45) is 0.935. The predicted molar refractivity (Wildman–Crippen MR) is 54.3 cm³/mol. The highest BCUT2D eigenvalue weighted by atomic mass is 32.1. The molecular weight excluding hydrogens is 174 g/mol. The molecule has 0 bridgehead atoms. The van der Waals surface area contributed by atoms with Gasteiger partial charge in [0.2, 0.25) is 0 Å². The van der Waals surface area contributed by atoms with Crippen LogP contribution in [-0.4, -0.2) is 9.18 Å². The second-order valence-corrected chi connectivity index (χ2v) is 3.33. The smallest absolute Gasteiger partial charge is 0.0932 e. The molecule has 0 saturated heterocycles. The Bertz CT molecular complexity index is 271. The molecule has 1 aromatic heterocycles. The van der Waals surface area contributed by atoms with Crippen LogP contribution in [0.15, 0.2) is 18.2 Å². The molecule has 1 rings (SSSR count). The Morgan fingerprint density at radius 1 is 1.64 bits per heavy atom. The third kappa shape index (κ3) is 2.27. The SMILES string of the molecule is CCc1cccc(C(=S)S)n1. The maximum Gasteiger partial charge on any atom is 0.0932 e. The molecule has 0 aliphatic rings. The predicted octanol–water partition coefficient (Wildman–Crippen LogP) is 2.25. The Morgan fingerprint density at radius 3 is 2.91 bits per heavy atom. The largest absolute Gasteiger partial charge is 0.251 e. The number of hydrogen-bond donors (Lipinski definition) is 1. The number of pyridine rings is 1. The van der Waals surface area contributed by atoms with Gasteiger partial charge in [0.15, 0.2) is 0 Å². The zero-order valence-electron chi connectivity index (χ0n) is 6.24. The molecule has 11 heavy (non-hydrogen) atoms. The molecule has 1 nitrogen and oxygen atoms in total. The van der Waals surface area contributed by atoms with Crippen molar-refractivity contribution < 1.29 is 0 Å². The molecular formula is C8H9NS2. The number of rotatable bonds is 2. The van der Waals surface area contributed by atoms with Gasteiger partial charge in [-0.25, -0.2) is 0 Å². The first-order chi connectivity index (χ1) is 5.24. The van der Waals surface area contributed by atoms with E-state index < -0.39 is 0 Å². The summed E-state index contributed by atoms with van der Waals surface area (Å²) in [4.78, 5) is 4.27. The summed E-state index contributed by atoms with van der Waals surface area (Å²) in [5.74, 6) is 0. The fourth-order valence-electron chi connectivity index (χ4n) is 0.796. The second-order valence-electron chi connectivity index (χ2n) is 2.17. The lowest BCUT2D eigenvalue weighted by atomic mass is 10.3. The van der Waals surface area contributed by atoms with Gasteiger partial charge in [-0.3, -0.25) is 4.98 Å². The van der Waals surface area contributed by atoms with Crippen molar-refractivity contribution >= 4 is 29.0 Å². The van der Waals surface area contributed by atoms with Gasteiger partial charge in [0.25, 0.3) is 0 Å². The first-order valence-electron chi connectivity index (χ1n) is 3.43. The Balaban J connectivity index is 3.01. The van der Waals surface area contributed by atoms with Gasteiger partial charge in [0, 0.05) is 5.69 Å². The van der Waals surface area contributed by atoms with Crippen molar-refractivity contribution in [2.45, 2.75) is 13.3 Å². The molecule has 0 N–H and O–H groups in total. The van der Waals surface area contributed by atoms with E-state index in [9.17, 15) is 0 Å². The van der Waals surface area contributed by atoms with Crippen molar-refractivity contribution in [3.63, 3.8) is 0 Å². The van der Waals surface area contributed by atoms with E-state index >= 15 is 0 Å². The molecule has 0 fully saturated rings. The highest BCUT2D eigenvalue weighted by Gasteiger charge is 1.97. The lowest BCUT2D eigenvalue weighted by molar-refractivity contribution is 1.03. The van der Waals surface area contributed by atoms with Crippen LogP contribution in [0.25, 0.3) is 0 Å². The van der Waals surface area contributed by atoms with Gasteiger partial charge in [-0.1, -0.05) is 25.2 Å². The number of aromatic nitrogens is 1. The van der Waals surface area contributed by atoms with Crippen LogP contribution < -0.4 is 0 Å². The molecule has 0 atom stereocenters. The summed E-state index contributed by atoms with van der Waals surface area (Å²) in [6, 6.07) is 5.80. The Kier molecular flexibility index (Phi) is 3.02. The molecule has 0 unspecified atom stereocenters. The summed E-state index contributed by atoms with van der Waals surface area (Å²) in [6.45, 7) is 2.06. The van der Waals surface area contributed by atoms with Crippen LogP contribution in [0, 0.1) is 0 Å². The van der Waals surface area contributed by atoms with Gasteiger partial charge >= 0.3 is 0 Å². The lowest BCUT2D eigenvalue weighted by Gasteiger charge is -1.98. The topological polar surface area (TPSA) is 12.9 Å². The minimum atomic E-state index is 0.556. The number of hydrogen-bond acceptors (Lipinski definition) is 2. The van der Waals surface area contributed by atoms with Crippen molar-refractivity contribution in [2.24, 2.45) is 0 Å². The summed E-state index contributed by atoms with van der Waals surface area (Å²) in [5, 5.41) is 0. The molecule has 1 heterocycles. The van der Waals surface area contributed by atoms with Crippen molar-refractivity contribution in [3.8, 4) is 0 Å². The molecule has 0 aliphatic carbocycles. The summed E-state index contributed by atoms with van der Waals surface area (Å²) >= 11 is 8.91. The van der Waals surface area contributed by atoms with Gasteiger partial charge in [0.05, 0.1) is 9.89 Å². The van der Waals surface area contributed by atoms with Crippen molar-refractivity contribution in [3.05, 3.63) is 29.6 Å². The quantitative estimate of drug-likeness (QED) is 0.558. The molecule has 0 saturated carbocycles. The Morgan fingerprint density at radius 2 is 2.36 bits per heavy atom. The number of aryl methyl sites for hydroxylation is 1. The van der Waals surface area contributed by atoms with Gasteiger partial charge in [-0.05, 0) is 18.6 Å². The average Bonchev–Trinajstić information content (AvgIpc) is 2.05. The zero-order chi connectivity index (χ0) is 8.27. The maximum atomic E-state index is 4.87. The number of thiocarbonyl (C=S) groups is 1. The first-order valence-corrected chi connectivity index (χ1v) is 4.29. The van der Waals surface area contributed by atoms with E-state index in [0.29, 0.717) is 4.20 Å². The fourth-order valence-corrected chi connectivity index (χ4v) is 1.03. The van der Waals surface area contributed by atoms with Crippen LogP contribution in [0.4, 0.5) is 0 Å². The molecule has 1 aromatic rings. The van der Waals surface area contributed by atoms with E-state index in [1.807, 2.05) is 18.2 Å². The molecule has 58 valence electrons. The highest BCUT2D eigenvalue weighted by Crippen LogP contribution is 2.03. The van der Waals surface area contributed by atoms with Crippen molar-refractivity contribution in [1.29, 1.82) is 0 Å². The van der Waals surface area contributed by atoms with E-state index in [-0.39, 0.29) is 0 Å². The standard InChI is InChI=1S/C8H9NS2/c1-2-6-4-3-5-7(9-6)8(10)11/h3-5H,2H2,1H3,(H,10,11). The van der Waals surface area contributed by atoms with Crippen molar-refractivity contribution in [2.75, 3.05) is 0 Å². The van der Waals surface area contributed by atoms with Crippen LogP contribution >= 0.6 is 24.8 Å². The molecule has 0 spiro atoms. The lowest BCUT2D eigenvalue weighted by Crippen LogP contribution is -1.95. The third-order valence-corrected chi connectivity index (χ3v) is 1.83. The molecule has 3 heteroatoms. The van der Waals surface area contributed by atoms with E-state index in [0.717, 1.165) is 17.8 Å². The van der Waals surface area contributed by atoms with Gasteiger partial charge in [-0.15, -0.1) is 12.6 Å². The van der Waals surface area contributed by atoms with Gasteiger partial charge in [0.1, 0.15) is 0 Å². The van der Waals surface area contributed by atoms with Crippen molar-refractivity contribution in [1.82, 2.24) is 4.98 Å². The van der Waals surface area contributed by atoms with Crippen LogP contribution in [0.1, 0.15) is 18.3 Å².